The molecule has 1 heterocycles. The van der Waals surface area contributed by atoms with E-state index in [0.29, 0.717) is 10.2 Å². The lowest BCUT2D eigenvalue weighted by Crippen LogP contribution is -2.16. The van der Waals surface area contributed by atoms with E-state index in [4.69, 9.17) is 0 Å². The summed E-state index contributed by atoms with van der Waals surface area (Å²) in [6, 6.07) is 4.75. The SMILES string of the molecule is CCCSC(C)(CCC)c1ccc(C(C)(C)CC)s1. The van der Waals surface area contributed by atoms with E-state index in [1.54, 1.807) is 9.75 Å². The van der Waals surface area contributed by atoms with Crippen LogP contribution in [0, 0.1) is 0 Å². The van der Waals surface area contributed by atoms with Gasteiger partial charge in [0, 0.05) is 14.5 Å². The van der Waals surface area contributed by atoms with Gasteiger partial charge in [-0.3, -0.25) is 0 Å². The lowest BCUT2D eigenvalue weighted by Gasteiger charge is -2.28. The van der Waals surface area contributed by atoms with E-state index < -0.39 is 0 Å². The maximum Gasteiger partial charge on any atom is 0.0473 e. The first kappa shape index (κ1) is 17.1. The molecule has 0 saturated heterocycles. The van der Waals surface area contributed by atoms with Gasteiger partial charge in [0.2, 0.25) is 0 Å². The number of thioether (sulfide) groups is 1. The van der Waals surface area contributed by atoms with Crippen LogP contribution in [0.3, 0.4) is 0 Å². The molecule has 1 rings (SSSR count). The second-order valence-corrected chi connectivity index (χ2v) is 8.91. The Morgan fingerprint density at radius 1 is 1.00 bits per heavy atom. The van der Waals surface area contributed by atoms with Gasteiger partial charge in [-0.1, -0.05) is 41.0 Å². The lowest BCUT2D eigenvalue weighted by molar-refractivity contribution is 0.517. The molecule has 19 heavy (non-hydrogen) atoms. The molecule has 2 heteroatoms. The van der Waals surface area contributed by atoms with Gasteiger partial charge in [-0.2, -0.15) is 0 Å². The monoisotopic (exact) mass is 298 g/mol. The average molecular weight is 299 g/mol. The van der Waals surface area contributed by atoms with Gasteiger partial charge in [0.15, 0.2) is 0 Å². The molecule has 0 radical (unpaired) electrons. The number of hydrogen-bond acceptors (Lipinski definition) is 2. The predicted molar refractivity (Wildman–Crippen MR) is 92.6 cm³/mol. The van der Waals surface area contributed by atoms with Crippen LogP contribution < -0.4 is 0 Å². The van der Waals surface area contributed by atoms with Gasteiger partial charge in [0.1, 0.15) is 0 Å². The Hall–Kier alpha value is 0.0500. The molecule has 0 aliphatic heterocycles. The molecule has 0 nitrogen and oxygen atoms in total. The van der Waals surface area contributed by atoms with Crippen molar-refractivity contribution in [2.75, 3.05) is 5.75 Å². The van der Waals surface area contributed by atoms with Crippen molar-refractivity contribution in [3.8, 4) is 0 Å². The lowest BCUT2D eigenvalue weighted by atomic mass is 9.88. The Labute approximate surface area is 128 Å². The summed E-state index contributed by atoms with van der Waals surface area (Å²) in [5.74, 6) is 1.26. The largest absolute Gasteiger partial charge is 0.150 e. The third-order valence-electron chi connectivity index (χ3n) is 4.03. The van der Waals surface area contributed by atoms with Crippen LogP contribution in [0.4, 0.5) is 0 Å². The molecule has 0 N–H and O–H groups in total. The summed E-state index contributed by atoms with van der Waals surface area (Å²) in [5, 5.41) is 0. The molecule has 0 spiro atoms. The van der Waals surface area contributed by atoms with E-state index in [2.05, 4.69) is 65.4 Å². The molecule has 0 saturated carbocycles. The maximum atomic E-state index is 2.44. The zero-order chi connectivity index (χ0) is 14.5. The normalized spacial score (nSPS) is 15.5. The zero-order valence-electron chi connectivity index (χ0n) is 13.5. The summed E-state index contributed by atoms with van der Waals surface area (Å²) >= 11 is 4.18. The molecule has 0 bridgehead atoms. The van der Waals surface area contributed by atoms with Gasteiger partial charge in [-0.05, 0) is 49.5 Å². The standard InChI is InChI=1S/C17H30S2/c1-7-12-17(6,18-13-8-2)15-11-10-14(19-15)16(4,5)9-3/h10-11H,7-9,12-13H2,1-6H3. The van der Waals surface area contributed by atoms with Crippen LogP contribution in [-0.4, -0.2) is 5.75 Å². The highest BCUT2D eigenvalue weighted by Crippen LogP contribution is 2.45. The van der Waals surface area contributed by atoms with E-state index in [1.165, 1.54) is 31.4 Å². The molecule has 1 aromatic heterocycles. The Kier molecular flexibility index (Phi) is 6.46. The summed E-state index contributed by atoms with van der Waals surface area (Å²) in [7, 11) is 0. The fourth-order valence-corrected chi connectivity index (χ4v) is 4.99. The van der Waals surface area contributed by atoms with Crippen LogP contribution >= 0.6 is 23.1 Å². The van der Waals surface area contributed by atoms with E-state index in [0.717, 1.165) is 0 Å². The molecular weight excluding hydrogens is 268 g/mol. The van der Waals surface area contributed by atoms with E-state index >= 15 is 0 Å². The molecule has 1 aromatic rings. The van der Waals surface area contributed by atoms with Gasteiger partial charge in [-0.15, -0.1) is 23.1 Å². The number of rotatable bonds is 8. The van der Waals surface area contributed by atoms with Crippen LogP contribution in [0.15, 0.2) is 12.1 Å². The van der Waals surface area contributed by atoms with Gasteiger partial charge in [-0.25, -0.2) is 0 Å². The highest BCUT2D eigenvalue weighted by molar-refractivity contribution is 8.00. The van der Waals surface area contributed by atoms with Crippen molar-refractivity contribution in [2.24, 2.45) is 0 Å². The van der Waals surface area contributed by atoms with Crippen molar-refractivity contribution >= 4 is 23.1 Å². The summed E-state index contributed by atoms with van der Waals surface area (Å²) in [6.07, 6.45) is 5.02. The van der Waals surface area contributed by atoms with Gasteiger partial charge in [0.25, 0.3) is 0 Å². The van der Waals surface area contributed by atoms with Crippen LogP contribution in [0.25, 0.3) is 0 Å². The summed E-state index contributed by atoms with van der Waals surface area (Å²) in [6.45, 7) is 14.0. The van der Waals surface area contributed by atoms with Crippen LogP contribution in [-0.2, 0) is 10.2 Å². The van der Waals surface area contributed by atoms with Crippen LogP contribution in [0.5, 0.6) is 0 Å². The summed E-state index contributed by atoms with van der Waals surface area (Å²) in [4.78, 5) is 3.12. The Morgan fingerprint density at radius 3 is 2.16 bits per heavy atom. The first-order valence-electron chi connectivity index (χ1n) is 7.64. The molecular formula is C17H30S2. The van der Waals surface area contributed by atoms with Gasteiger partial charge < -0.3 is 0 Å². The fraction of sp³-hybridized carbons (Fsp3) is 0.765. The molecule has 0 fully saturated rings. The third-order valence-corrected chi connectivity index (χ3v) is 7.55. The smallest absolute Gasteiger partial charge is 0.0473 e. The molecule has 0 aliphatic rings. The number of hydrogen-bond donors (Lipinski definition) is 0. The molecule has 1 atom stereocenters. The van der Waals surface area contributed by atoms with Crippen molar-refractivity contribution in [1.29, 1.82) is 0 Å². The van der Waals surface area contributed by atoms with Gasteiger partial charge in [0.05, 0.1) is 0 Å². The minimum absolute atomic E-state index is 0.317. The first-order chi connectivity index (χ1) is 8.89. The molecule has 1 unspecified atom stereocenters. The highest BCUT2D eigenvalue weighted by Gasteiger charge is 2.30. The quantitative estimate of drug-likeness (QED) is 0.521. The second-order valence-electron chi connectivity index (χ2n) is 6.23. The van der Waals surface area contributed by atoms with Crippen LogP contribution in [0.1, 0.15) is 77.0 Å². The predicted octanol–water partition coefficient (Wildman–Crippen LogP) is 6.59. The minimum atomic E-state index is 0.317. The average Bonchev–Trinajstić information content (AvgIpc) is 2.87. The topological polar surface area (TPSA) is 0 Å². The molecule has 0 aliphatic carbocycles. The first-order valence-corrected chi connectivity index (χ1v) is 9.44. The molecule has 0 aromatic carbocycles. The zero-order valence-corrected chi connectivity index (χ0v) is 15.1. The second kappa shape index (κ2) is 7.17. The summed E-state index contributed by atoms with van der Waals surface area (Å²) in [5.41, 5.74) is 0.325. The van der Waals surface area contributed by atoms with E-state index in [1.807, 2.05) is 11.3 Å². The van der Waals surface area contributed by atoms with E-state index in [9.17, 15) is 0 Å². The van der Waals surface area contributed by atoms with Crippen molar-refractivity contribution in [2.45, 2.75) is 77.4 Å². The van der Waals surface area contributed by atoms with Crippen molar-refractivity contribution in [1.82, 2.24) is 0 Å². The number of thiophene rings is 1. The maximum absolute atomic E-state index is 2.44. The molecule has 0 amide bonds. The summed E-state index contributed by atoms with van der Waals surface area (Å²) < 4.78 is 0.317. The van der Waals surface area contributed by atoms with Crippen LogP contribution in [0.2, 0.25) is 0 Å². The Balaban J connectivity index is 2.98. The van der Waals surface area contributed by atoms with Crippen molar-refractivity contribution in [3.63, 3.8) is 0 Å². The van der Waals surface area contributed by atoms with Crippen molar-refractivity contribution < 1.29 is 0 Å². The Bertz CT molecular complexity index is 378. The highest BCUT2D eigenvalue weighted by atomic mass is 32.2. The van der Waals surface area contributed by atoms with Crippen molar-refractivity contribution in [3.05, 3.63) is 21.9 Å². The fourth-order valence-electron chi connectivity index (χ4n) is 2.23. The third kappa shape index (κ3) is 4.26. The molecule has 110 valence electrons. The van der Waals surface area contributed by atoms with E-state index in [-0.39, 0.29) is 0 Å². The minimum Gasteiger partial charge on any atom is -0.150 e. The van der Waals surface area contributed by atoms with Gasteiger partial charge >= 0.3 is 0 Å². The Morgan fingerprint density at radius 2 is 1.63 bits per heavy atom.